The zero-order valence-corrected chi connectivity index (χ0v) is 7.38. The minimum absolute atomic E-state index is 1.77. The third-order valence-corrected chi connectivity index (χ3v) is 1.63. The molecule has 0 heterocycles. The molecular formula is C4H5N3O9. The summed E-state index contributed by atoms with van der Waals surface area (Å²) >= 11 is 0. The highest BCUT2D eigenvalue weighted by atomic mass is 16.7. The summed E-state index contributed by atoms with van der Waals surface area (Å²) in [6.07, 6.45) is -4.35. The van der Waals surface area contributed by atoms with Crippen LogP contribution in [0.1, 0.15) is 6.42 Å². The van der Waals surface area contributed by atoms with E-state index in [0.717, 1.165) is 0 Å². The van der Waals surface area contributed by atoms with Gasteiger partial charge in [0.25, 0.3) is 0 Å². The van der Waals surface area contributed by atoms with Crippen molar-refractivity contribution in [2.75, 3.05) is 0 Å². The molecule has 12 heteroatoms. The average Bonchev–Trinajstić information content (AvgIpc) is 2.11. The first-order valence-electron chi connectivity index (χ1n) is 3.50. The molecule has 0 amide bonds. The molecule has 1 atom stereocenters. The lowest BCUT2D eigenvalue weighted by molar-refractivity contribution is -0.971. The summed E-state index contributed by atoms with van der Waals surface area (Å²) in [4.78, 5) is 35.4. The zero-order chi connectivity index (χ0) is 13.1. The van der Waals surface area contributed by atoms with Crippen molar-refractivity contribution in [3.05, 3.63) is 30.3 Å². The van der Waals surface area contributed by atoms with Crippen LogP contribution in [0.25, 0.3) is 0 Å². The molecule has 0 aromatic carbocycles. The second kappa shape index (κ2) is 4.43. The van der Waals surface area contributed by atoms with Crippen molar-refractivity contribution in [1.82, 2.24) is 0 Å². The minimum atomic E-state index is -3.96. The molecule has 1 unspecified atom stereocenters. The van der Waals surface area contributed by atoms with Crippen molar-refractivity contribution in [3.8, 4) is 0 Å². The van der Waals surface area contributed by atoms with Gasteiger partial charge in [0, 0.05) is 0 Å². The first kappa shape index (κ1) is 13.6. The van der Waals surface area contributed by atoms with Crippen LogP contribution in [-0.2, 0) is 4.79 Å². The van der Waals surface area contributed by atoms with Gasteiger partial charge in [-0.15, -0.1) is 0 Å². The van der Waals surface area contributed by atoms with Crippen LogP contribution in [-0.4, -0.2) is 42.8 Å². The second-order valence-corrected chi connectivity index (χ2v) is 2.60. The smallest absolute Gasteiger partial charge is 0.479 e. The number of nitro groups is 3. The summed E-state index contributed by atoms with van der Waals surface area (Å²) in [6.45, 7) is 0. The highest BCUT2D eigenvalue weighted by Crippen LogP contribution is 2.19. The molecule has 0 spiro atoms. The quantitative estimate of drug-likeness (QED) is 0.309. The molecule has 0 aromatic heterocycles. The van der Waals surface area contributed by atoms with Crippen molar-refractivity contribution < 1.29 is 29.8 Å². The SMILES string of the molecule is O=C(O)C(O)CC([N+](=O)[O-])([N+](=O)[O-])[N+](=O)[O-]. The third-order valence-electron chi connectivity index (χ3n) is 1.63. The molecule has 0 fully saturated rings. The summed E-state index contributed by atoms with van der Waals surface area (Å²) in [7, 11) is 0. The Balaban J connectivity index is 5.39. The number of nitrogens with zero attached hydrogens (tertiary/aromatic N) is 3. The lowest BCUT2D eigenvalue weighted by Crippen LogP contribution is -2.55. The molecule has 0 radical (unpaired) electrons. The molecule has 12 nitrogen and oxygen atoms in total. The van der Waals surface area contributed by atoms with Crippen LogP contribution in [0.4, 0.5) is 0 Å². The molecule has 90 valence electrons. The van der Waals surface area contributed by atoms with E-state index in [1.807, 2.05) is 0 Å². The van der Waals surface area contributed by atoms with Gasteiger partial charge in [-0.25, -0.2) is 4.79 Å². The first-order chi connectivity index (χ1) is 7.16. The lowest BCUT2D eigenvalue weighted by Gasteiger charge is -2.10. The zero-order valence-electron chi connectivity index (χ0n) is 7.38. The fourth-order valence-electron chi connectivity index (χ4n) is 0.770. The lowest BCUT2D eigenvalue weighted by atomic mass is 10.1. The molecule has 0 aromatic rings. The van der Waals surface area contributed by atoms with Crippen molar-refractivity contribution in [1.29, 1.82) is 0 Å². The van der Waals surface area contributed by atoms with E-state index in [2.05, 4.69) is 0 Å². The fourth-order valence-corrected chi connectivity index (χ4v) is 0.770. The molecule has 2 N–H and O–H groups in total. The van der Waals surface area contributed by atoms with Crippen LogP contribution in [0, 0.1) is 30.3 Å². The Bertz CT molecular complexity index is 315. The number of aliphatic carboxylic acids is 1. The normalized spacial score (nSPS) is 12.8. The maximum atomic E-state index is 10.3. The van der Waals surface area contributed by atoms with Gasteiger partial charge in [-0.3, -0.25) is 30.3 Å². The summed E-state index contributed by atoms with van der Waals surface area (Å²) in [5.74, 6) is -5.99. The Morgan fingerprint density at radius 2 is 1.44 bits per heavy atom. The molecule has 0 saturated carbocycles. The van der Waals surface area contributed by atoms with Gasteiger partial charge < -0.3 is 10.2 Å². The Labute approximate surface area is 85.5 Å². The first-order valence-corrected chi connectivity index (χ1v) is 3.50. The number of carboxylic acids is 1. The Morgan fingerprint density at radius 3 is 1.62 bits per heavy atom. The molecule has 0 rings (SSSR count). The molecule has 0 aliphatic rings. The Kier molecular flexibility index (Phi) is 3.78. The Morgan fingerprint density at radius 1 is 1.12 bits per heavy atom. The average molecular weight is 239 g/mol. The molecule has 0 aliphatic heterocycles. The van der Waals surface area contributed by atoms with Crippen LogP contribution in [0.15, 0.2) is 0 Å². The van der Waals surface area contributed by atoms with E-state index in [-0.39, 0.29) is 0 Å². The number of carboxylic acid groups (broad SMARTS) is 1. The van der Waals surface area contributed by atoms with Crippen LogP contribution in [0.2, 0.25) is 0 Å². The predicted octanol–water partition coefficient (Wildman–Crippen LogP) is -1.69. The molecule has 0 bridgehead atoms. The van der Waals surface area contributed by atoms with Crippen molar-refractivity contribution in [2.24, 2.45) is 0 Å². The topological polar surface area (TPSA) is 187 Å². The maximum Gasteiger partial charge on any atom is 0.703 e. The highest BCUT2D eigenvalue weighted by molar-refractivity contribution is 5.71. The third kappa shape index (κ3) is 2.17. The summed E-state index contributed by atoms with van der Waals surface area (Å²) < 4.78 is 0. The fraction of sp³-hybridized carbons (Fsp3) is 0.750. The van der Waals surface area contributed by atoms with Gasteiger partial charge in [-0.1, -0.05) is 0 Å². The summed E-state index contributed by atoms with van der Waals surface area (Å²) in [5.41, 5.74) is 0. The molecule has 16 heavy (non-hydrogen) atoms. The number of hydrogen-bond acceptors (Lipinski definition) is 8. The van der Waals surface area contributed by atoms with E-state index in [4.69, 9.17) is 10.2 Å². The van der Waals surface area contributed by atoms with Gasteiger partial charge in [0.2, 0.25) is 6.42 Å². The van der Waals surface area contributed by atoms with Gasteiger partial charge in [0.1, 0.15) is 0 Å². The summed E-state index contributed by atoms with van der Waals surface area (Å²) in [6, 6.07) is 0. The van der Waals surface area contributed by atoms with Gasteiger partial charge in [-0.2, -0.15) is 0 Å². The number of aliphatic hydroxyl groups excluding tert-OH is 1. The predicted molar refractivity (Wildman–Crippen MR) is 42.0 cm³/mol. The molecule has 0 saturated heterocycles. The van der Waals surface area contributed by atoms with Gasteiger partial charge in [-0.05, 0) is 0 Å². The van der Waals surface area contributed by atoms with E-state index >= 15 is 0 Å². The van der Waals surface area contributed by atoms with Gasteiger partial charge in [0.05, 0.1) is 0 Å². The number of aliphatic hydroxyl groups is 1. The molecular weight excluding hydrogens is 234 g/mol. The van der Waals surface area contributed by atoms with Gasteiger partial charge in [0.15, 0.2) is 20.9 Å². The van der Waals surface area contributed by atoms with Crippen molar-refractivity contribution >= 4 is 5.97 Å². The second-order valence-electron chi connectivity index (χ2n) is 2.60. The maximum absolute atomic E-state index is 10.3. The Hall–Kier alpha value is -2.37. The largest absolute Gasteiger partial charge is 0.703 e. The summed E-state index contributed by atoms with van der Waals surface area (Å²) in [5, 5.41) is 47.7. The van der Waals surface area contributed by atoms with E-state index in [1.165, 1.54) is 0 Å². The number of rotatable bonds is 6. The van der Waals surface area contributed by atoms with Gasteiger partial charge >= 0.3 is 11.8 Å². The van der Waals surface area contributed by atoms with Crippen LogP contribution >= 0.6 is 0 Å². The van der Waals surface area contributed by atoms with E-state index in [9.17, 15) is 35.1 Å². The monoisotopic (exact) mass is 239 g/mol. The highest BCUT2D eigenvalue weighted by Gasteiger charge is 2.71. The number of hydrogen-bond donors (Lipinski definition) is 2. The van der Waals surface area contributed by atoms with Crippen LogP contribution < -0.4 is 0 Å². The van der Waals surface area contributed by atoms with Crippen molar-refractivity contribution in [2.45, 2.75) is 18.3 Å². The van der Waals surface area contributed by atoms with Crippen LogP contribution in [0.5, 0.6) is 0 Å². The van der Waals surface area contributed by atoms with E-state index < -0.39 is 39.1 Å². The minimum Gasteiger partial charge on any atom is -0.479 e. The standard InChI is InChI=1S/C4H5N3O9/c8-2(3(9)10)1-4(5(11)12,6(13)14)7(15)16/h2,8H,1H2,(H,9,10). The van der Waals surface area contributed by atoms with Crippen molar-refractivity contribution in [3.63, 3.8) is 0 Å². The van der Waals surface area contributed by atoms with E-state index in [1.54, 1.807) is 0 Å². The van der Waals surface area contributed by atoms with Crippen LogP contribution in [0.3, 0.4) is 0 Å². The molecule has 0 aliphatic carbocycles. The number of carbonyl (C=O) groups is 1. The van der Waals surface area contributed by atoms with E-state index in [0.29, 0.717) is 0 Å².